The number of rotatable bonds is 5. The molecule has 1 aliphatic rings. The quantitative estimate of drug-likeness (QED) is 0.488. The summed E-state index contributed by atoms with van der Waals surface area (Å²) in [5.41, 5.74) is 1.78. The number of carboxylic acids is 1. The Morgan fingerprint density at radius 1 is 0.971 bits per heavy atom. The van der Waals surface area contributed by atoms with Crippen LogP contribution in [0.5, 0.6) is 0 Å². The molecule has 1 fully saturated rings. The highest BCUT2D eigenvalue weighted by atomic mass is 16.4. The van der Waals surface area contributed by atoms with Crippen molar-refractivity contribution in [1.29, 1.82) is 0 Å². The molecule has 0 unspecified atom stereocenters. The Balaban J connectivity index is 1.72. The SMILES string of the molecule is Cc1cccc2c1c(Cn1c(=O)n(CC3(C(=O)O)CCCCC3)c(=O)c3ccccc31)cn2C. The van der Waals surface area contributed by atoms with Crippen molar-refractivity contribution in [1.82, 2.24) is 13.7 Å². The summed E-state index contributed by atoms with van der Waals surface area (Å²) in [6.07, 6.45) is 5.53. The molecule has 5 rings (SSSR count). The number of carboxylic acid groups (broad SMARTS) is 1. The Kier molecular flexibility index (Phi) is 5.42. The molecule has 176 valence electrons. The van der Waals surface area contributed by atoms with Crippen molar-refractivity contribution in [2.45, 2.75) is 52.1 Å². The van der Waals surface area contributed by atoms with Crippen LogP contribution in [0.1, 0.15) is 43.2 Å². The van der Waals surface area contributed by atoms with Crippen LogP contribution >= 0.6 is 0 Å². The zero-order valence-corrected chi connectivity index (χ0v) is 19.6. The number of aromatic nitrogens is 3. The summed E-state index contributed by atoms with van der Waals surface area (Å²) >= 11 is 0. The topological polar surface area (TPSA) is 86.2 Å². The summed E-state index contributed by atoms with van der Waals surface area (Å²) in [7, 11) is 1.98. The van der Waals surface area contributed by atoms with Crippen molar-refractivity contribution in [2.75, 3.05) is 0 Å². The monoisotopic (exact) mass is 459 g/mol. The summed E-state index contributed by atoms with van der Waals surface area (Å²) in [5, 5.41) is 11.6. The van der Waals surface area contributed by atoms with Gasteiger partial charge in [-0.25, -0.2) is 4.79 Å². The van der Waals surface area contributed by atoms with Gasteiger partial charge in [-0.2, -0.15) is 0 Å². The second-order valence-corrected chi connectivity index (χ2v) is 9.66. The summed E-state index contributed by atoms with van der Waals surface area (Å²) in [6, 6.07) is 13.2. The number of hydrogen-bond acceptors (Lipinski definition) is 3. The number of nitrogens with zero attached hydrogens (tertiary/aromatic N) is 3. The van der Waals surface area contributed by atoms with Crippen LogP contribution in [0.25, 0.3) is 21.8 Å². The van der Waals surface area contributed by atoms with Crippen molar-refractivity contribution in [3.8, 4) is 0 Å². The lowest BCUT2D eigenvalue weighted by atomic mass is 9.74. The fourth-order valence-electron chi connectivity index (χ4n) is 5.66. The molecule has 1 aliphatic carbocycles. The first-order chi connectivity index (χ1) is 16.3. The molecular formula is C27H29N3O4. The highest BCUT2D eigenvalue weighted by Crippen LogP contribution is 2.37. The van der Waals surface area contributed by atoms with Gasteiger partial charge in [0.15, 0.2) is 0 Å². The van der Waals surface area contributed by atoms with E-state index in [0.29, 0.717) is 30.3 Å². The van der Waals surface area contributed by atoms with Gasteiger partial charge >= 0.3 is 11.7 Å². The van der Waals surface area contributed by atoms with E-state index in [2.05, 4.69) is 0 Å². The minimum atomic E-state index is -1.09. The lowest BCUT2D eigenvalue weighted by Gasteiger charge is -2.33. The van der Waals surface area contributed by atoms with Gasteiger partial charge in [0.05, 0.1) is 22.9 Å². The van der Waals surface area contributed by atoms with E-state index in [4.69, 9.17) is 0 Å². The maximum Gasteiger partial charge on any atom is 0.331 e. The molecule has 0 amide bonds. The van der Waals surface area contributed by atoms with Gasteiger partial charge in [-0.1, -0.05) is 43.5 Å². The van der Waals surface area contributed by atoms with Crippen LogP contribution in [0, 0.1) is 12.3 Å². The molecule has 2 aromatic heterocycles. The molecule has 0 radical (unpaired) electrons. The lowest BCUT2D eigenvalue weighted by molar-refractivity contribution is -0.152. The molecule has 7 heteroatoms. The number of aryl methyl sites for hydroxylation is 2. The van der Waals surface area contributed by atoms with E-state index in [1.165, 1.54) is 4.57 Å². The summed E-state index contributed by atoms with van der Waals surface area (Å²) < 4.78 is 4.83. The minimum absolute atomic E-state index is 0.0978. The van der Waals surface area contributed by atoms with Gasteiger partial charge < -0.3 is 9.67 Å². The van der Waals surface area contributed by atoms with Crippen LogP contribution in [0.2, 0.25) is 0 Å². The molecule has 1 N–H and O–H groups in total. The van der Waals surface area contributed by atoms with E-state index in [-0.39, 0.29) is 6.54 Å². The highest BCUT2D eigenvalue weighted by molar-refractivity contribution is 5.87. The van der Waals surface area contributed by atoms with Gasteiger partial charge in [-0.05, 0) is 49.1 Å². The number of hydrogen-bond donors (Lipinski definition) is 1. The van der Waals surface area contributed by atoms with Crippen LogP contribution in [0.3, 0.4) is 0 Å². The van der Waals surface area contributed by atoms with Crippen molar-refractivity contribution >= 4 is 27.8 Å². The lowest BCUT2D eigenvalue weighted by Crippen LogP contribution is -2.47. The van der Waals surface area contributed by atoms with E-state index >= 15 is 0 Å². The van der Waals surface area contributed by atoms with Crippen LogP contribution in [-0.4, -0.2) is 24.8 Å². The molecule has 0 bridgehead atoms. The summed E-state index contributed by atoms with van der Waals surface area (Å²) in [6.45, 7) is 2.24. The second kappa shape index (κ2) is 8.31. The summed E-state index contributed by atoms with van der Waals surface area (Å²) in [4.78, 5) is 39.5. The van der Waals surface area contributed by atoms with E-state index in [1.54, 1.807) is 22.8 Å². The van der Waals surface area contributed by atoms with Crippen molar-refractivity contribution in [2.24, 2.45) is 12.5 Å². The van der Waals surface area contributed by atoms with Crippen molar-refractivity contribution in [3.05, 3.63) is 80.6 Å². The first-order valence-corrected chi connectivity index (χ1v) is 11.8. The maximum atomic E-state index is 13.8. The molecule has 34 heavy (non-hydrogen) atoms. The summed E-state index contributed by atoms with van der Waals surface area (Å²) in [5.74, 6) is -0.928. The normalized spacial score (nSPS) is 15.7. The molecule has 0 saturated heterocycles. The Bertz CT molecular complexity index is 1530. The van der Waals surface area contributed by atoms with Gasteiger partial charge in [0.2, 0.25) is 0 Å². The van der Waals surface area contributed by atoms with Gasteiger partial charge in [0.25, 0.3) is 5.56 Å². The molecule has 4 aromatic rings. The molecule has 0 spiro atoms. The second-order valence-electron chi connectivity index (χ2n) is 9.66. The van der Waals surface area contributed by atoms with Gasteiger partial charge in [0, 0.05) is 30.7 Å². The van der Waals surface area contributed by atoms with E-state index in [0.717, 1.165) is 41.3 Å². The average Bonchev–Trinajstić information content (AvgIpc) is 3.16. The third-order valence-electron chi connectivity index (χ3n) is 7.49. The predicted octanol–water partition coefficient (Wildman–Crippen LogP) is 4.05. The fourth-order valence-corrected chi connectivity index (χ4v) is 5.66. The fraction of sp³-hybridized carbons (Fsp3) is 0.370. The smallest absolute Gasteiger partial charge is 0.331 e. The molecule has 7 nitrogen and oxygen atoms in total. The number of benzene rings is 2. The Labute approximate surface area is 196 Å². The van der Waals surface area contributed by atoms with Crippen LogP contribution in [0.15, 0.2) is 58.3 Å². The predicted molar refractivity (Wildman–Crippen MR) is 132 cm³/mol. The minimum Gasteiger partial charge on any atom is -0.481 e. The Morgan fingerprint density at radius 2 is 1.68 bits per heavy atom. The highest BCUT2D eigenvalue weighted by Gasteiger charge is 2.41. The van der Waals surface area contributed by atoms with Crippen molar-refractivity contribution in [3.63, 3.8) is 0 Å². The third-order valence-corrected chi connectivity index (χ3v) is 7.49. The van der Waals surface area contributed by atoms with Gasteiger partial charge in [0.1, 0.15) is 0 Å². The van der Waals surface area contributed by atoms with Crippen LogP contribution < -0.4 is 11.2 Å². The molecule has 1 saturated carbocycles. The van der Waals surface area contributed by atoms with Crippen LogP contribution in [0.4, 0.5) is 0 Å². The van der Waals surface area contributed by atoms with Crippen molar-refractivity contribution < 1.29 is 9.90 Å². The number of fused-ring (bicyclic) bond motifs is 2. The largest absolute Gasteiger partial charge is 0.481 e. The van der Waals surface area contributed by atoms with Gasteiger partial charge in [-0.3, -0.25) is 18.7 Å². The average molecular weight is 460 g/mol. The molecule has 2 aromatic carbocycles. The van der Waals surface area contributed by atoms with Crippen LogP contribution in [-0.2, 0) is 24.9 Å². The number of aliphatic carboxylic acids is 1. The standard InChI is InChI=1S/C27H29N3O4/c1-18-9-8-12-22-23(18)19(15-28(22)2)16-29-21-11-5-4-10-20(21)24(31)30(26(29)34)17-27(25(32)33)13-6-3-7-14-27/h4-5,8-12,15H,3,6-7,13-14,16-17H2,1-2H3,(H,32,33). The Hall–Kier alpha value is -3.61. The number of para-hydroxylation sites is 1. The Morgan fingerprint density at radius 3 is 2.41 bits per heavy atom. The number of carbonyl (C=O) groups is 1. The zero-order chi connectivity index (χ0) is 24.0. The van der Waals surface area contributed by atoms with E-state index in [1.807, 2.05) is 49.0 Å². The zero-order valence-electron chi connectivity index (χ0n) is 19.6. The molecule has 0 atom stereocenters. The van der Waals surface area contributed by atoms with Gasteiger partial charge in [-0.15, -0.1) is 0 Å². The van der Waals surface area contributed by atoms with E-state index in [9.17, 15) is 19.5 Å². The van der Waals surface area contributed by atoms with E-state index < -0.39 is 22.6 Å². The maximum absolute atomic E-state index is 13.8. The first-order valence-electron chi connectivity index (χ1n) is 11.8. The molecule has 0 aliphatic heterocycles. The first kappa shape index (κ1) is 22.2. The third kappa shape index (κ3) is 3.47. The molecular weight excluding hydrogens is 430 g/mol. The molecule has 2 heterocycles.